The second-order valence-corrected chi connectivity index (χ2v) is 12.4. The van der Waals surface area contributed by atoms with Crippen LogP contribution in [0.25, 0.3) is 11.3 Å². The maximum absolute atomic E-state index is 15.0. The van der Waals surface area contributed by atoms with Crippen LogP contribution in [0.2, 0.25) is 0 Å². The molecule has 0 bridgehead atoms. The van der Waals surface area contributed by atoms with Crippen molar-refractivity contribution < 1.29 is 33.0 Å². The zero-order chi connectivity index (χ0) is 29.7. The number of aromatic carboxylic acids is 1. The number of carboxylic acids is 1. The number of amides is 1. The highest BCUT2D eigenvalue weighted by Crippen LogP contribution is 2.46. The summed E-state index contributed by atoms with van der Waals surface area (Å²) in [6.45, 7) is 2.89. The highest BCUT2D eigenvalue weighted by atomic mass is 19.1. The number of carbonyl (C=O) groups is 2. The summed E-state index contributed by atoms with van der Waals surface area (Å²) in [5.41, 5.74) is 2.24. The Kier molecular flexibility index (Phi) is 7.04. The summed E-state index contributed by atoms with van der Waals surface area (Å²) in [5, 5.41) is 9.19. The van der Waals surface area contributed by atoms with Gasteiger partial charge >= 0.3 is 5.97 Å². The van der Waals surface area contributed by atoms with E-state index >= 15 is 0 Å². The molecular weight excluding hydrogens is 556 g/mol. The molecule has 43 heavy (non-hydrogen) atoms. The van der Waals surface area contributed by atoms with Gasteiger partial charge in [-0.3, -0.25) is 9.69 Å². The molecule has 10 heteroatoms. The molecule has 1 N–H and O–H groups in total. The number of hydrogen-bond donors (Lipinski definition) is 1. The average molecular weight is 590 g/mol. The third-order valence-corrected chi connectivity index (χ3v) is 8.88. The zero-order valence-electron chi connectivity index (χ0n) is 23.7. The van der Waals surface area contributed by atoms with E-state index in [0.29, 0.717) is 36.6 Å². The molecule has 1 aromatic heterocycles. The number of carboxylic acid groups (broad SMARTS) is 1. The molecule has 3 aromatic rings. The first-order valence-corrected chi connectivity index (χ1v) is 14.9. The second kappa shape index (κ2) is 10.9. The average Bonchev–Trinajstić information content (AvgIpc) is 3.92. The van der Waals surface area contributed by atoms with Gasteiger partial charge in [0.05, 0.1) is 29.5 Å². The van der Waals surface area contributed by atoms with Gasteiger partial charge < -0.3 is 19.5 Å². The quantitative estimate of drug-likeness (QED) is 0.336. The topological polar surface area (TPSA) is 92.2 Å². The molecule has 2 aliphatic carbocycles. The molecule has 2 aromatic carbocycles. The molecule has 2 saturated heterocycles. The molecule has 224 valence electrons. The number of nitrogens with zero attached hydrogens (tertiary/aromatic N) is 3. The van der Waals surface area contributed by atoms with Crippen molar-refractivity contribution in [1.82, 2.24) is 9.88 Å². The van der Waals surface area contributed by atoms with Gasteiger partial charge in [0, 0.05) is 31.3 Å². The van der Waals surface area contributed by atoms with Gasteiger partial charge in [0.15, 0.2) is 5.82 Å². The predicted molar refractivity (Wildman–Crippen MR) is 154 cm³/mol. The molecule has 4 fully saturated rings. The van der Waals surface area contributed by atoms with E-state index in [1.165, 1.54) is 12.1 Å². The van der Waals surface area contributed by atoms with E-state index in [1.54, 1.807) is 17.0 Å². The highest BCUT2D eigenvalue weighted by Gasteiger charge is 2.45. The SMILES string of the molecule is O=C(O)c1ccc(N2CC3(CCN(Cc4cc(OC5CC5)c(-c5ncc(F)cc5F)c(OC5CC5)c4)CC3)CC2=O)cc1. The number of aromatic nitrogens is 1. The Labute approximate surface area is 248 Å². The van der Waals surface area contributed by atoms with Gasteiger partial charge in [-0.25, -0.2) is 18.6 Å². The van der Waals surface area contributed by atoms with Crippen LogP contribution in [0.4, 0.5) is 14.5 Å². The number of piperidine rings is 1. The minimum atomic E-state index is -0.991. The van der Waals surface area contributed by atoms with Gasteiger partial charge in [-0.2, -0.15) is 0 Å². The Morgan fingerprint density at radius 1 is 0.977 bits per heavy atom. The number of halogens is 2. The predicted octanol–water partition coefficient (Wildman–Crippen LogP) is 5.83. The summed E-state index contributed by atoms with van der Waals surface area (Å²) in [4.78, 5) is 32.4. The lowest BCUT2D eigenvalue weighted by molar-refractivity contribution is -0.118. The van der Waals surface area contributed by atoms with Crippen LogP contribution < -0.4 is 14.4 Å². The van der Waals surface area contributed by atoms with Crippen molar-refractivity contribution in [3.05, 3.63) is 71.4 Å². The first kappa shape index (κ1) is 27.8. The second-order valence-electron chi connectivity index (χ2n) is 12.4. The van der Waals surface area contributed by atoms with Crippen LogP contribution in [0, 0.1) is 17.0 Å². The number of carbonyl (C=O) groups excluding carboxylic acids is 1. The van der Waals surface area contributed by atoms with Gasteiger partial charge in [-0.05, 0) is 99.0 Å². The first-order valence-electron chi connectivity index (χ1n) is 14.9. The molecule has 7 rings (SSSR count). The summed E-state index contributed by atoms with van der Waals surface area (Å²) >= 11 is 0. The van der Waals surface area contributed by atoms with Crippen molar-refractivity contribution >= 4 is 17.6 Å². The first-order chi connectivity index (χ1) is 20.7. The number of ether oxygens (including phenoxy) is 2. The van der Waals surface area contributed by atoms with Crippen molar-refractivity contribution in [3.63, 3.8) is 0 Å². The fourth-order valence-electron chi connectivity index (χ4n) is 6.18. The summed E-state index contributed by atoms with van der Waals surface area (Å²) in [7, 11) is 0. The number of rotatable bonds is 9. The normalized spacial score (nSPS) is 20.0. The Morgan fingerprint density at radius 3 is 2.16 bits per heavy atom. The third kappa shape index (κ3) is 5.93. The number of hydrogen-bond acceptors (Lipinski definition) is 6. The van der Waals surface area contributed by atoms with Crippen LogP contribution in [0.3, 0.4) is 0 Å². The maximum Gasteiger partial charge on any atom is 0.335 e. The Balaban J connectivity index is 1.09. The minimum Gasteiger partial charge on any atom is -0.490 e. The van der Waals surface area contributed by atoms with Crippen LogP contribution in [-0.2, 0) is 11.3 Å². The Hall–Kier alpha value is -4.05. The molecule has 1 spiro atoms. The smallest absolute Gasteiger partial charge is 0.335 e. The number of anilines is 1. The number of benzene rings is 2. The van der Waals surface area contributed by atoms with Crippen molar-refractivity contribution in [1.29, 1.82) is 0 Å². The largest absolute Gasteiger partial charge is 0.490 e. The molecule has 0 atom stereocenters. The summed E-state index contributed by atoms with van der Waals surface area (Å²) in [6, 6.07) is 11.2. The molecule has 2 aliphatic heterocycles. The molecule has 2 saturated carbocycles. The van der Waals surface area contributed by atoms with Crippen LogP contribution in [0.15, 0.2) is 48.7 Å². The van der Waals surface area contributed by atoms with E-state index in [1.807, 2.05) is 12.1 Å². The van der Waals surface area contributed by atoms with Crippen LogP contribution in [0.5, 0.6) is 11.5 Å². The molecule has 0 unspecified atom stereocenters. The van der Waals surface area contributed by atoms with Crippen molar-refractivity contribution in [2.45, 2.75) is 63.7 Å². The highest BCUT2D eigenvalue weighted by molar-refractivity contribution is 5.97. The summed E-state index contributed by atoms with van der Waals surface area (Å²) in [6.07, 6.45) is 7.04. The van der Waals surface area contributed by atoms with Gasteiger partial charge in [0.1, 0.15) is 23.0 Å². The molecule has 8 nitrogen and oxygen atoms in total. The Morgan fingerprint density at radius 2 is 1.60 bits per heavy atom. The van der Waals surface area contributed by atoms with Crippen LogP contribution in [0.1, 0.15) is 60.9 Å². The molecular formula is C33H33F2N3O5. The van der Waals surface area contributed by atoms with E-state index in [0.717, 1.165) is 75.1 Å². The van der Waals surface area contributed by atoms with Crippen LogP contribution >= 0.6 is 0 Å². The minimum absolute atomic E-state index is 0.0206. The summed E-state index contributed by atoms with van der Waals surface area (Å²) in [5.74, 6) is -1.40. The van der Waals surface area contributed by atoms with Gasteiger partial charge in [0.2, 0.25) is 5.91 Å². The third-order valence-electron chi connectivity index (χ3n) is 8.88. The van der Waals surface area contributed by atoms with E-state index in [2.05, 4.69) is 9.88 Å². The molecule has 3 heterocycles. The summed E-state index contributed by atoms with van der Waals surface area (Å²) < 4.78 is 41.2. The Bertz CT molecular complexity index is 1530. The van der Waals surface area contributed by atoms with Crippen molar-refractivity contribution in [2.75, 3.05) is 24.5 Å². The van der Waals surface area contributed by atoms with E-state index in [4.69, 9.17) is 9.47 Å². The van der Waals surface area contributed by atoms with Crippen molar-refractivity contribution in [2.24, 2.45) is 5.41 Å². The standard InChI is InChI=1S/C33H33F2N3O5/c34-22-15-26(35)31(36-17-22)30-27(42-24-5-6-24)13-20(14-28(30)43-25-7-8-25)18-37-11-9-33(10-12-37)16-29(39)38(19-33)23-3-1-21(2-4-23)32(40)41/h1-4,13-15,17,24-25H,5-12,16,18-19H2,(H,40,41). The number of pyridine rings is 1. The maximum atomic E-state index is 15.0. The lowest BCUT2D eigenvalue weighted by atomic mass is 9.77. The zero-order valence-corrected chi connectivity index (χ0v) is 23.7. The monoisotopic (exact) mass is 589 g/mol. The van der Waals surface area contributed by atoms with Gasteiger partial charge in [0.25, 0.3) is 0 Å². The van der Waals surface area contributed by atoms with E-state index < -0.39 is 17.6 Å². The van der Waals surface area contributed by atoms with E-state index in [-0.39, 0.29) is 34.8 Å². The number of likely N-dealkylation sites (tertiary alicyclic amines) is 1. The molecule has 0 radical (unpaired) electrons. The van der Waals surface area contributed by atoms with Gasteiger partial charge in [-0.1, -0.05) is 0 Å². The lowest BCUT2D eigenvalue weighted by Crippen LogP contribution is -2.41. The van der Waals surface area contributed by atoms with Gasteiger partial charge in [-0.15, -0.1) is 0 Å². The van der Waals surface area contributed by atoms with Crippen molar-refractivity contribution in [3.8, 4) is 22.8 Å². The lowest BCUT2D eigenvalue weighted by Gasteiger charge is -2.39. The van der Waals surface area contributed by atoms with Crippen LogP contribution in [-0.4, -0.2) is 58.7 Å². The molecule has 4 aliphatic rings. The van der Waals surface area contributed by atoms with E-state index in [9.17, 15) is 23.5 Å². The fraction of sp³-hybridized carbons (Fsp3) is 0.424. The fourth-order valence-corrected chi connectivity index (χ4v) is 6.18. The molecule has 1 amide bonds.